The molecule has 1 aliphatic carbocycles. The van der Waals surface area contributed by atoms with Gasteiger partial charge in [-0.1, -0.05) is 11.6 Å². The van der Waals surface area contributed by atoms with Crippen LogP contribution in [0.2, 0.25) is 5.02 Å². The third-order valence-electron chi connectivity index (χ3n) is 5.50. The molecule has 0 aromatic carbocycles. The molecule has 0 amide bonds. The molecule has 10 heteroatoms. The minimum Gasteiger partial charge on any atom is -0.385 e. The molecule has 0 radical (unpaired) electrons. The van der Waals surface area contributed by atoms with Gasteiger partial charge in [0, 0.05) is 24.2 Å². The molecule has 0 atom stereocenters. The van der Waals surface area contributed by atoms with Crippen molar-refractivity contribution in [2.24, 2.45) is 5.92 Å². The molecule has 1 fully saturated rings. The normalized spacial score (nSPS) is 13.5. The summed E-state index contributed by atoms with van der Waals surface area (Å²) >= 11 is 6.32. The van der Waals surface area contributed by atoms with Gasteiger partial charge in [-0.15, -0.1) is 0 Å². The molecule has 32 heavy (non-hydrogen) atoms. The molecule has 1 aliphatic rings. The number of nitrogens with zero attached hydrogens (tertiary/aromatic N) is 6. The molecule has 1 saturated carbocycles. The standard InChI is InChI=1S/C22H22ClFN8/c1-12-20(23)13(2)32(29-12)19-9-18(25)28-22-16(7-8-26-19)21(17-6-5-15(24)10-27-17)30-31(22)11-14-3-4-14/h5-10,14,28H,3-4,11,25H2,1-2H3. The van der Waals surface area contributed by atoms with Gasteiger partial charge in [0.1, 0.15) is 23.0 Å². The second kappa shape index (κ2) is 7.90. The van der Waals surface area contributed by atoms with Crippen molar-refractivity contribution in [2.75, 3.05) is 5.73 Å². The van der Waals surface area contributed by atoms with Gasteiger partial charge < -0.3 is 10.7 Å². The van der Waals surface area contributed by atoms with Crippen molar-refractivity contribution in [3.05, 3.63) is 58.9 Å². The number of aromatic nitrogens is 7. The van der Waals surface area contributed by atoms with Gasteiger partial charge in [0.05, 0.1) is 28.3 Å². The first kappa shape index (κ1) is 20.4. The summed E-state index contributed by atoms with van der Waals surface area (Å²) in [7, 11) is 0. The van der Waals surface area contributed by atoms with E-state index in [-0.39, 0.29) is 0 Å². The number of nitrogens with one attached hydrogen (secondary N) is 1. The van der Waals surface area contributed by atoms with Crippen LogP contribution in [0.5, 0.6) is 0 Å². The van der Waals surface area contributed by atoms with E-state index < -0.39 is 5.82 Å². The third-order valence-corrected chi connectivity index (χ3v) is 6.05. The topological polar surface area (TPSA) is 103 Å². The van der Waals surface area contributed by atoms with Crippen molar-refractivity contribution in [1.82, 2.24) is 34.5 Å². The Kier molecular flexibility index (Phi) is 5.05. The van der Waals surface area contributed by atoms with Crippen LogP contribution in [0.1, 0.15) is 24.2 Å². The number of rotatable bonds is 4. The Morgan fingerprint density at radius 1 is 1.19 bits per heavy atom. The number of fused-ring (bicyclic) bond motifs is 1. The molecule has 0 spiro atoms. The van der Waals surface area contributed by atoms with Crippen molar-refractivity contribution in [3.8, 4) is 17.2 Å². The van der Waals surface area contributed by atoms with E-state index in [4.69, 9.17) is 22.4 Å². The Morgan fingerprint density at radius 3 is 2.66 bits per heavy atom. The van der Waals surface area contributed by atoms with Crippen molar-refractivity contribution in [2.45, 2.75) is 33.2 Å². The lowest BCUT2D eigenvalue weighted by Gasteiger charge is -2.02. The fourth-order valence-electron chi connectivity index (χ4n) is 3.65. The van der Waals surface area contributed by atoms with Crippen LogP contribution in [0, 0.1) is 25.6 Å². The first-order valence-electron chi connectivity index (χ1n) is 10.3. The molecule has 0 aliphatic heterocycles. The third kappa shape index (κ3) is 3.80. The molecule has 0 saturated heterocycles. The van der Waals surface area contributed by atoms with Crippen LogP contribution in [0.15, 0.2) is 36.7 Å². The summed E-state index contributed by atoms with van der Waals surface area (Å²) < 4.78 is 17.0. The summed E-state index contributed by atoms with van der Waals surface area (Å²) in [6, 6.07) is 6.54. The molecule has 4 aromatic rings. The van der Waals surface area contributed by atoms with Crippen LogP contribution in [-0.4, -0.2) is 34.5 Å². The number of hydrogen-bond donors (Lipinski definition) is 2. The second-order valence-corrected chi connectivity index (χ2v) is 8.40. The first-order chi connectivity index (χ1) is 15.4. The zero-order chi connectivity index (χ0) is 22.4. The zero-order valence-electron chi connectivity index (χ0n) is 17.7. The number of anilines is 1. The Morgan fingerprint density at radius 2 is 2.00 bits per heavy atom. The summed E-state index contributed by atoms with van der Waals surface area (Å²) in [5, 5.41) is 10.6. The quantitative estimate of drug-likeness (QED) is 0.473. The van der Waals surface area contributed by atoms with Crippen molar-refractivity contribution >= 4 is 28.5 Å². The molecule has 3 N–H and O–H groups in total. The zero-order valence-corrected chi connectivity index (χ0v) is 18.4. The van der Waals surface area contributed by atoms with E-state index in [9.17, 15) is 4.39 Å². The summed E-state index contributed by atoms with van der Waals surface area (Å²) in [5.74, 6) is 1.09. The lowest BCUT2D eigenvalue weighted by Crippen LogP contribution is -2.04. The number of aromatic amines is 1. The van der Waals surface area contributed by atoms with E-state index in [2.05, 4.69) is 20.1 Å². The smallest absolute Gasteiger partial charge is 0.157 e. The SMILES string of the molecule is Cc1nn(-c2cc(N)[nH]c3c(ccn2)c(-c2ccc(F)cn2)nn3CC2CC2)c(C)c1Cl. The second-order valence-electron chi connectivity index (χ2n) is 8.02. The number of halogens is 2. The van der Waals surface area contributed by atoms with E-state index in [1.807, 2.05) is 24.6 Å². The van der Waals surface area contributed by atoms with Crippen LogP contribution in [0.3, 0.4) is 0 Å². The highest BCUT2D eigenvalue weighted by Crippen LogP contribution is 2.33. The Hall–Kier alpha value is -3.46. The fraction of sp³-hybridized carbons (Fsp3) is 0.273. The molecular formula is C22H22ClFN8. The summed E-state index contributed by atoms with van der Waals surface area (Å²) in [6.07, 6.45) is 5.20. The number of nitrogens with two attached hydrogens (primary N) is 1. The van der Waals surface area contributed by atoms with Gasteiger partial charge in [0.15, 0.2) is 5.82 Å². The monoisotopic (exact) mass is 452 g/mol. The predicted octanol–water partition coefficient (Wildman–Crippen LogP) is 4.53. The van der Waals surface area contributed by atoms with Gasteiger partial charge in [-0.3, -0.25) is 4.98 Å². The maximum Gasteiger partial charge on any atom is 0.157 e. The van der Waals surface area contributed by atoms with Gasteiger partial charge in [0.25, 0.3) is 0 Å². The molecule has 0 unspecified atom stereocenters. The van der Waals surface area contributed by atoms with E-state index >= 15 is 0 Å². The molecule has 4 heterocycles. The van der Waals surface area contributed by atoms with Gasteiger partial charge in [0.2, 0.25) is 0 Å². The molecule has 5 rings (SSSR count). The number of pyridine rings is 1. The van der Waals surface area contributed by atoms with Crippen LogP contribution in [-0.2, 0) is 6.54 Å². The molecular weight excluding hydrogens is 431 g/mol. The fourth-order valence-corrected chi connectivity index (χ4v) is 3.77. The minimum absolute atomic E-state index is 0.382. The Labute approximate surface area is 188 Å². The summed E-state index contributed by atoms with van der Waals surface area (Å²) in [6.45, 7) is 4.48. The molecule has 4 aromatic heterocycles. The summed E-state index contributed by atoms with van der Waals surface area (Å²) in [5.41, 5.74) is 9.78. The van der Waals surface area contributed by atoms with E-state index in [0.717, 1.165) is 23.3 Å². The van der Waals surface area contributed by atoms with Crippen molar-refractivity contribution < 1.29 is 4.39 Å². The van der Waals surface area contributed by atoms with Crippen LogP contribution in [0.25, 0.3) is 28.2 Å². The largest absolute Gasteiger partial charge is 0.385 e. The average molecular weight is 453 g/mol. The van der Waals surface area contributed by atoms with Crippen LogP contribution in [0.4, 0.5) is 10.2 Å². The number of nitrogen functional groups attached to an aromatic ring is 1. The first-order valence-corrected chi connectivity index (χ1v) is 10.7. The lowest BCUT2D eigenvalue weighted by molar-refractivity contribution is 0.577. The number of H-pyrrole nitrogens is 1. The maximum absolute atomic E-state index is 13.4. The Bertz CT molecular complexity index is 1360. The van der Waals surface area contributed by atoms with Gasteiger partial charge in [-0.05, 0) is 50.8 Å². The Balaban J connectivity index is 1.74. The maximum atomic E-state index is 13.4. The number of hydrogen-bond acceptors (Lipinski definition) is 5. The van der Waals surface area contributed by atoms with Crippen molar-refractivity contribution in [1.29, 1.82) is 0 Å². The minimum atomic E-state index is -0.399. The van der Waals surface area contributed by atoms with Gasteiger partial charge in [-0.25, -0.2) is 18.7 Å². The van der Waals surface area contributed by atoms with E-state index in [1.54, 1.807) is 23.0 Å². The van der Waals surface area contributed by atoms with E-state index in [0.29, 0.717) is 39.7 Å². The molecule has 0 bridgehead atoms. The summed E-state index contributed by atoms with van der Waals surface area (Å²) in [4.78, 5) is 12.1. The predicted molar refractivity (Wildman–Crippen MR) is 121 cm³/mol. The average Bonchev–Trinajstić information content (AvgIpc) is 3.46. The highest BCUT2D eigenvalue weighted by atomic mass is 35.5. The molecule has 8 nitrogen and oxygen atoms in total. The van der Waals surface area contributed by atoms with E-state index in [1.165, 1.54) is 25.1 Å². The van der Waals surface area contributed by atoms with Crippen LogP contribution < -0.4 is 5.73 Å². The lowest BCUT2D eigenvalue weighted by atomic mass is 10.2. The van der Waals surface area contributed by atoms with Crippen LogP contribution >= 0.6 is 11.6 Å². The number of aryl methyl sites for hydroxylation is 1. The highest BCUT2D eigenvalue weighted by molar-refractivity contribution is 6.31. The van der Waals surface area contributed by atoms with Gasteiger partial charge in [-0.2, -0.15) is 10.2 Å². The molecule has 164 valence electrons. The van der Waals surface area contributed by atoms with Crippen molar-refractivity contribution in [3.63, 3.8) is 0 Å². The van der Waals surface area contributed by atoms with Gasteiger partial charge >= 0.3 is 0 Å². The highest BCUT2D eigenvalue weighted by Gasteiger charge is 2.24.